The van der Waals surface area contributed by atoms with Crippen molar-refractivity contribution in [3.8, 4) is 0 Å². The number of nitrogens with zero attached hydrogens (tertiary/aromatic N) is 3. The van der Waals surface area contributed by atoms with Crippen LogP contribution in [-0.2, 0) is 29.5 Å². The van der Waals surface area contributed by atoms with Gasteiger partial charge in [0.15, 0.2) is 22.6 Å². The van der Waals surface area contributed by atoms with Crippen molar-refractivity contribution < 1.29 is 36.6 Å². The number of halogens is 2. The molecule has 0 spiro atoms. The van der Waals surface area contributed by atoms with Gasteiger partial charge < -0.3 is 14.6 Å². The van der Waals surface area contributed by atoms with Crippen molar-refractivity contribution in [2.24, 2.45) is 5.16 Å². The van der Waals surface area contributed by atoms with Gasteiger partial charge in [0.2, 0.25) is 5.88 Å². The van der Waals surface area contributed by atoms with Crippen LogP contribution in [-0.4, -0.2) is 70.2 Å². The first kappa shape index (κ1) is 20.9. The minimum absolute atomic E-state index is 0.161. The molecule has 1 aromatic heterocycles. The second-order valence-corrected chi connectivity index (χ2v) is 7.25. The molecule has 27 heavy (non-hydrogen) atoms. The highest BCUT2D eigenvalue weighted by atomic mass is 35.5. The highest BCUT2D eigenvalue weighted by molar-refractivity contribution is 7.84. The first-order valence-corrected chi connectivity index (χ1v) is 9.07. The van der Waals surface area contributed by atoms with Gasteiger partial charge in [0.1, 0.15) is 13.2 Å². The van der Waals surface area contributed by atoms with E-state index in [1.807, 2.05) is 0 Å². The van der Waals surface area contributed by atoms with Crippen LogP contribution in [0.25, 0.3) is 0 Å². The Bertz CT molecular complexity index is 898. The van der Waals surface area contributed by atoms with Crippen LogP contribution in [0.15, 0.2) is 16.0 Å². The van der Waals surface area contributed by atoms with Gasteiger partial charge in [-0.25, -0.2) is 9.29 Å². The summed E-state index contributed by atoms with van der Waals surface area (Å²) < 4.78 is 35.7. The molecular formula is C11H11Cl2N5O8S. The molecule has 2 heterocycles. The number of oxazole rings is 1. The fraction of sp³-hybridized carbons (Fsp3) is 0.364. The zero-order valence-electron chi connectivity index (χ0n) is 13.2. The fourth-order valence-corrected chi connectivity index (χ4v) is 2.69. The molecule has 1 aromatic rings. The summed E-state index contributed by atoms with van der Waals surface area (Å²) in [5.41, 5.74) is -0.768. The number of aromatic nitrogens is 1. The fourth-order valence-electron chi connectivity index (χ4n) is 1.89. The van der Waals surface area contributed by atoms with E-state index in [9.17, 15) is 22.8 Å². The second kappa shape index (κ2) is 8.08. The molecule has 1 saturated heterocycles. The maximum Gasteiger partial charge on any atom is 0.362 e. The average molecular weight is 444 g/mol. The van der Waals surface area contributed by atoms with Crippen LogP contribution in [0.3, 0.4) is 0 Å². The summed E-state index contributed by atoms with van der Waals surface area (Å²) in [7, 11) is -3.59. The number of anilines is 1. The summed E-state index contributed by atoms with van der Waals surface area (Å²) in [6.07, 6.45) is 0.884. The Morgan fingerprint density at radius 1 is 1.52 bits per heavy atom. The normalized spacial score (nSPS) is 17.5. The summed E-state index contributed by atoms with van der Waals surface area (Å²) >= 11 is 10.8. The lowest BCUT2D eigenvalue weighted by Gasteiger charge is -2.35. The van der Waals surface area contributed by atoms with E-state index in [1.54, 1.807) is 0 Å². The Kier molecular flexibility index (Phi) is 6.25. The van der Waals surface area contributed by atoms with E-state index in [0.717, 1.165) is 13.5 Å². The molecule has 0 radical (unpaired) electrons. The van der Waals surface area contributed by atoms with Crippen molar-refractivity contribution in [2.75, 3.05) is 19.0 Å². The van der Waals surface area contributed by atoms with Crippen LogP contribution in [0.4, 0.5) is 5.88 Å². The van der Waals surface area contributed by atoms with Gasteiger partial charge in [-0.2, -0.15) is 8.42 Å². The highest BCUT2D eigenvalue weighted by Gasteiger charge is 2.45. The number of nitrogens with one attached hydrogen (secondary N) is 2. The standard InChI is InChI=1S/C11H11Cl2N5O8S/c1-25-17-5(6-10(26-3-14-6)16-9(20)7(12)13)8(19)15-4-2-18(11(4)21)27(22,23)24/h3-4,7H,2H2,1H3,(H,15,19)(H,16,20)(H,22,23,24). The van der Waals surface area contributed by atoms with Gasteiger partial charge in [0.25, 0.3) is 17.7 Å². The molecule has 0 saturated carbocycles. The molecule has 0 bridgehead atoms. The number of alkyl halides is 2. The molecule has 1 fully saturated rings. The molecule has 1 aliphatic heterocycles. The van der Waals surface area contributed by atoms with E-state index in [2.05, 4.69) is 25.6 Å². The van der Waals surface area contributed by atoms with Crippen molar-refractivity contribution in [2.45, 2.75) is 10.9 Å². The SMILES string of the molecule is CON=C(C(=O)NC1CN(S(=O)(=O)O)C1=O)c1ncoc1NC(=O)C(Cl)Cl. The Labute approximate surface area is 161 Å². The third kappa shape index (κ3) is 4.65. The number of hydrogen-bond acceptors (Lipinski definition) is 9. The number of oxime groups is 1. The summed E-state index contributed by atoms with van der Waals surface area (Å²) in [5, 5.41) is 7.80. The van der Waals surface area contributed by atoms with Gasteiger partial charge in [-0.15, -0.1) is 0 Å². The number of carbonyl (C=O) groups is 3. The molecule has 0 aliphatic carbocycles. The third-order valence-electron chi connectivity index (χ3n) is 3.10. The average Bonchev–Trinajstić information content (AvgIpc) is 3.01. The number of carbonyl (C=O) groups excluding carboxylic acids is 3. The summed E-state index contributed by atoms with van der Waals surface area (Å²) in [6, 6.07) is -1.23. The number of amides is 3. The molecule has 3 amide bonds. The van der Waals surface area contributed by atoms with Crippen LogP contribution in [0.1, 0.15) is 5.69 Å². The smallest absolute Gasteiger partial charge is 0.362 e. The minimum Gasteiger partial charge on any atom is -0.427 e. The Balaban J connectivity index is 2.16. The van der Waals surface area contributed by atoms with E-state index in [4.69, 9.17) is 32.2 Å². The second-order valence-electron chi connectivity index (χ2n) is 4.82. The molecule has 148 valence electrons. The molecule has 13 nitrogen and oxygen atoms in total. The van der Waals surface area contributed by atoms with Crippen LogP contribution in [0, 0.1) is 0 Å². The van der Waals surface area contributed by atoms with E-state index in [0.29, 0.717) is 0 Å². The molecule has 3 N–H and O–H groups in total. The maximum atomic E-state index is 12.4. The monoisotopic (exact) mass is 443 g/mol. The van der Waals surface area contributed by atoms with E-state index in [-0.39, 0.29) is 15.9 Å². The molecule has 1 atom stereocenters. The van der Waals surface area contributed by atoms with E-state index >= 15 is 0 Å². The van der Waals surface area contributed by atoms with Crippen LogP contribution in [0.5, 0.6) is 0 Å². The quantitative estimate of drug-likeness (QED) is 0.155. The summed E-state index contributed by atoms with van der Waals surface area (Å²) in [6.45, 7) is -0.480. The molecule has 1 aliphatic rings. The van der Waals surface area contributed by atoms with Crippen molar-refractivity contribution in [1.29, 1.82) is 0 Å². The van der Waals surface area contributed by atoms with Crippen LogP contribution in [0.2, 0.25) is 0 Å². The van der Waals surface area contributed by atoms with Crippen LogP contribution >= 0.6 is 23.2 Å². The topological polar surface area (TPSA) is 180 Å². The maximum absolute atomic E-state index is 12.4. The minimum atomic E-state index is -4.71. The Morgan fingerprint density at radius 2 is 2.19 bits per heavy atom. The Morgan fingerprint density at radius 3 is 2.70 bits per heavy atom. The van der Waals surface area contributed by atoms with Crippen molar-refractivity contribution >= 4 is 62.8 Å². The molecule has 0 aromatic carbocycles. The zero-order valence-corrected chi connectivity index (χ0v) is 15.6. The lowest BCUT2D eigenvalue weighted by atomic mass is 10.1. The van der Waals surface area contributed by atoms with E-state index in [1.165, 1.54) is 0 Å². The van der Waals surface area contributed by atoms with Gasteiger partial charge in [0.05, 0.1) is 6.54 Å². The van der Waals surface area contributed by atoms with E-state index < -0.39 is 51.2 Å². The molecule has 2 rings (SSSR count). The van der Waals surface area contributed by atoms with Crippen LogP contribution < -0.4 is 10.6 Å². The predicted octanol–water partition coefficient (Wildman–Crippen LogP) is -1.10. The summed E-state index contributed by atoms with van der Waals surface area (Å²) in [5.74, 6) is -3.24. The van der Waals surface area contributed by atoms with Gasteiger partial charge in [0, 0.05) is 0 Å². The number of hydrogen-bond donors (Lipinski definition) is 3. The third-order valence-corrected chi connectivity index (χ3v) is 4.38. The van der Waals surface area contributed by atoms with Gasteiger partial charge in [-0.1, -0.05) is 28.4 Å². The molecule has 16 heteroatoms. The van der Waals surface area contributed by atoms with Crippen molar-refractivity contribution in [3.63, 3.8) is 0 Å². The Hall–Kier alpha value is -2.42. The lowest BCUT2D eigenvalue weighted by Crippen LogP contribution is -2.65. The zero-order chi connectivity index (χ0) is 20.4. The van der Waals surface area contributed by atoms with Gasteiger partial charge >= 0.3 is 10.3 Å². The molecule has 1 unspecified atom stereocenters. The first-order chi connectivity index (χ1) is 12.6. The predicted molar refractivity (Wildman–Crippen MR) is 89.4 cm³/mol. The van der Waals surface area contributed by atoms with Crippen molar-refractivity contribution in [1.82, 2.24) is 14.6 Å². The van der Waals surface area contributed by atoms with Crippen molar-refractivity contribution in [3.05, 3.63) is 12.1 Å². The number of β-lactam (4-membered cyclic amide) rings is 1. The molecular weight excluding hydrogens is 433 g/mol. The first-order valence-electron chi connectivity index (χ1n) is 6.80. The number of rotatable bonds is 7. The van der Waals surface area contributed by atoms with Gasteiger partial charge in [-0.3, -0.25) is 24.3 Å². The summed E-state index contributed by atoms with van der Waals surface area (Å²) in [4.78, 5) is 42.4. The highest BCUT2D eigenvalue weighted by Crippen LogP contribution is 2.18. The largest absolute Gasteiger partial charge is 0.427 e. The lowest BCUT2D eigenvalue weighted by molar-refractivity contribution is -0.139. The van der Waals surface area contributed by atoms with Gasteiger partial charge in [-0.05, 0) is 0 Å².